The highest BCUT2D eigenvalue weighted by molar-refractivity contribution is 5.95. The molecular weight excluding hydrogens is 302 g/mol. The van der Waals surface area contributed by atoms with Crippen LogP contribution in [0.5, 0.6) is 11.5 Å². The molecule has 1 atom stereocenters. The highest BCUT2D eigenvalue weighted by Crippen LogP contribution is 2.28. The summed E-state index contributed by atoms with van der Waals surface area (Å²) in [6.45, 7) is 5.47. The van der Waals surface area contributed by atoms with E-state index in [0.717, 1.165) is 13.3 Å². The summed E-state index contributed by atoms with van der Waals surface area (Å²) < 4.78 is 11.0. The number of nitrogens with one attached hydrogen (secondary N) is 1. The molecule has 1 aromatic rings. The standard InChI is InChI=1S/C16H23NO6/c1-4-8-23-12-7-6-11(9-13(12)22-5-2)14(18)17-10-16(3,21)15(19)20/h6-7,9,21H,4-5,8,10H2,1-3H3,(H,17,18)(H,19,20). The van der Waals surface area contributed by atoms with E-state index in [1.807, 2.05) is 13.8 Å². The van der Waals surface area contributed by atoms with Crippen LogP contribution in [0.25, 0.3) is 0 Å². The lowest BCUT2D eigenvalue weighted by atomic mass is 10.1. The molecule has 0 bridgehead atoms. The van der Waals surface area contributed by atoms with Crippen molar-refractivity contribution < 1.29 is 29.3 Å². The van der Waals surface area contributed by atoms with Crippen molar-refractivity contribution in [2.45, 2.75) is 32.8 Å². The lowest BCUT2D eigenvalue weighted by molar-refractivity contribution is -0.155. The van der Waals surface area contributed by atoms with E-state index in [2.05, 4.69) is 5.32 Å². The number of carbonyl (C=O) groups is 2. The molecule has 0 spiro atoms. The van der Waals surface area contributed by atoms with Crippen LogP contribution in [-0.2, 0) is 4.79 Å². The molecule has 3 N–H and O–H groups in total. The Morgan fingerprint density at radius 1 is 1.22 bits per heavy atom. The van der Waals surface area contributed by atoms with Crippen LogP contribution in [-0.4, -0.2) is 47.4 Å². The van der Waals surface area contributed by atoms with Crippen LogP contribution in [0.15, 0.2) is 18.2 Å². The van der Waals surface area contributed by atoms with Crippen LogP contribution in [0.4, 0.5) is 0 Å². The topological polar surface area (TPSA) is 105 Å². The molecule has 1 amide bonds. The molecular formula is C16H23NO6. The zero-order valence-electron chi connectivity index (χ0n) is 13.6. The van der Waals surface area contributed by atoms with Crippen molar-refractivity contribution in [1.82, 2.24) is 5.32 Å². The van der Waals surface area contributed by atoms with E-state index < -0.39 is 24.0 Å². The van der Waals surface area contributed by atoms with Gasteiger partial charge in [-0.2, -0.15) is 0 Å². The van der Waals surface area contributed by atoms with Gasteiger partial charge in [0.05, 0.1) is 19.8 Å². The Morgan fingerprint density at radius 3 is 2.48 bits per heavy atom. The SMILES string of the molecule is CCCOc1ccc(C(=O)NCC(C)(O)C(=O)O)cc1OCC. The summed E-state index contributed by atoms with van der Waals surface area (Å²) in [5, 5.41) is 20.8. The van der Waals surface area contributed by atoms with Gasteiger partial charge in [0.15, 0.2) is 17.1 Å². The van der Waals surface area contributed by atoms with Gasteiger partial charge in [0, 0.05) is 5.56 Å². The van der Waals surface area contributed by atoms with Gasteiger partial charge >= 0.3 is 5.97 Å². The molecule has 23 heavy (non-hydrogen) atoms. The Kier molecular flexibility index (Phi) is 6.84. The summed E-state index contributed by atoms with van der Waals surface area (Å²) in [4.78, 5) is 22.9. The van der Waals surface area contributed by atoms with Gasteiger partial charge in [-0.25, -0.2) is 4.79 Å². The molecule has 0 aliphatic heterocycles. The summed E-state index contributed by atoms with van der Waals surface area (Å²) in [5.41, 5.74) is -1.73. The average Bonchev–Trinajstić information content (AvgIpc) is 2.51. The van der Waals surface area contributed by atoms with Crippen molar-refractivity contribution in [3.8, 4) is 11.5 Å². The number of carbonyl (C=O) groups excluding carboxylic acids is 1. The smallest absolute Gasteiger partial charge is 0.337 e. The van der Waals surface area contributed by atoms with Crippen molar-refractivity contribution in [2.24, 2.45) is 0 Å². The molecule has 128 valence electrons. The first kappa shape index (κ1) is 18.8. The van der Waals surface area contributed by atoms with Gasteiger partial charge in [-0.1, -0.05) is 6.92 Å². The van der Waals surface area contributed by atoms with Crippen molar-refractivity contribution in [1.29, 1.82) is 0 Å². The Labute approximate surface area is 135 Å². The number of aliphatic carboxylic acids is 1. The number of hydrogen-bond donors (Lipinski definition) is 3. The quantitative estimate of drug-likeness (QED) is 0.634. The van der Waals surface area contributed by atoms with Crippen LogP contribution in [0.3, 0.4) is 0 Å². The van der Waals surface area contributed by atoms with E-state index in [1.165, 1.54) is 6.07 Å². The minimum absolute atomic E-state index is 0.290. The van der Waals surface area contributed by atoms with E-state index in [1.54, 1.807) is 12.1 Å². The zero-order chi connectivity index (χ0) is 17.5. The molecule has 1 aromatic carbocycles. The first-order valence-corrected chi connectivity index (χ1v) is 7.45. The average molecular weight is 325 g/mol. The molecule has 0 saturated heterocycles. The van der Waals surface area contributed by atoms with Crippen LogP contribution < -0.4 is 14.8 Å². The second-order valence-corrected chi connectivity index (χ2v) is 5.20. The molecule has 0 aromatic heterocycles. The first-order valence-electron chi connectivity index (χ1n) is 7.45. The normalized spacial score (nSPS) is 13.0. The number of amides is 1. The number of aliphatic hydroxyl groups is 1. The van der Waals surface area contributed by atoms with Crippen molar-refractivity contribution >= 4 is 11.9 Å². The molecule has 0 heterocycles. The maximum Gasteiger partial charge on any atom is 0.337 e. The number of benzene rings is 1. The lowest BCUT2D eigenvalue weighted by Gasteiger charge is -2.18. The Balaban J connectivity index is 2.84. The van der Waals surface area contributed by atoms with Crippen LogP contribution in [0.1, 0.15) is 37.6 Å². The molecule has 0 fully saturated rings. The summed E-state index contributed by atoms with van der Waals surface area (Å²) in [7, 11) is 0. The third-order valence-electron chi connectivity index (χ3n) is 3.02. The first-order chi connectivity index (χ1) is 10.8. The second-order valence-electron chi connectivity index (χ2n) is 5.20. The fourth-order valence-electron chi connectivity index (χ4n) is 1.68. The third kappa shape index (κ3) is 5.45. The highest BCUT2D eigenvalue weighted by atomic mass is 16.5. The Morgan fingerprint density at radius 2 is 1.91 bits per heavy atom. The van der Waals surface area contributed by atoms with Crippen LogP contribution in [0, 0.1) is 0 Å². The van der Waals surface area contributed by atoms with Crippen molar-refractivity contribution in [3.05, 3.63) is 23.8 Å². The fraction of sp³-hybridized carbons (Fsp3) is 0.500. The van der Waals surface area contributed by atoms with E-state index in [-0.39, 0.29) is 0 Å². The van der Waals surface area contributed by atoms with Crippen LogP contribution >= 0.6 is 0 Å². The zero-order valence-corrected chi connectivity index (χ0v) is 13.6. The maximum absolute atomic E-state index is 12.1. The number of carboxylic acid groups (broad SMARTS) is 1. The number of rotatable bonds is 9. The summed E-state index contributed by atoms with van der Waals surface area (Å²) in [5.74, 6) is -0.924. The predicted octanol–water partition coefficient (Wildman–Crippen LogP) is 1.44. The van der Waals surface area contributed by atoms with E-state index in [4.69, 9.17) is 14.6 Å². The monoisotopic (exact) mass is 325 g/mol. The van der Waals surface area contributed by atoms with E-state index in [9.17, 15) is 14.7 Å². The second kappa shape index (κ2) is 8.38. The largest absolute Gasteiger partial charge is 0.490 e. The summed E-state index contributed by atoms with van der Waals surface area (Å²) in [6.07, 6.45) is 0.845. The molecule has 1 unspecified atom stereocenters. The molecule has 0 radical (unpaired) electrons. The van der Waals surface area contributed by atoms with Crippen molar-refractivity contribution in [2.75, 3.05) is 19.8 Å². The molecule has 1 rings (SSSR count). The van der Waals surface area contributed by atoms with Crippen molar-refractivity contribution in [3.63, 3.8) is 0 Å². The summed E-state index contributed by atoms with van der Waals surface area (Å²) >= 11 is 0. The maximum atomic E-state index is 12.1. The fourth-order valence-corrected chi connectivity index (χ4v) is 1.68. The number of ether oxygens (including phenoxy) is 2. The molecule has 7 nitrogen and oxygen atoms in total. The molecule has 0 saturated carbocycles. The van der Waals surface area contributed by atoms with Gasteiger partial charge in [-0.3, -0.25) is 4.79 Å². The Hall–Kier alpha value is -2.28. The number of carboxylic acids is 1. The minimum Gasteiger partial charge on any atom is -0.490 e. The highest BCUT2D eigenvalue weighted by Gasteiger charge is 2.30. The van der Waals surface area contributed by atoms with Gasteiger partial charge < -0.3 is 25.0 Å². The van der Waals surface area contributed by atoms with E-state index >= 15 is 0 Å². The predicted molar refractivity (Wildman–Crippen MR) is 84.0 cm³/mol. The van der Waals surface area contributed by atoms with E-state index in [0.29, 0.717) is 30.3 Å². The summed E-state index contributed by atoms with van der Waals surface area (Å²) in [6, 6.07) is 4.71. The van der Waals surface area contributed by atoms with Gasteiger partial charge in [0.1, 0.15) is 0 Å². The third-order valence-corrected chi connectivity index (χ3v) is 3.02. The molecule has 7 heteroatoms. The van der Waals surface area contributed by atoms with Gasteiger partial charge in [-0.15, -0.1) is 0 Å². The Bertz CT molecular complexity index is 556. The minimum atomic E-state index is -2.03. The van der Waals surface area contributed by atoms with Gasteiger partial charge in [0.25, 0.3) is 5.91 Å². The molecule has 0 aliphatic rings. The van der Waals surface area contributed by atoms with Crippen LogP contribution in [0.2, 0.25) is 0 Å². The number of hydrogen-bond acceptors (Lipinski definition) is 5. The lowest BCUT2D eigenvalue weighted by Crippen LogP contribution is -2.46. The molecule has 0 aliphatic carbocycles. The van der Waals surface area contributed by atoms with Gasteiger partial charge in [0.2, 0.25) is 0 Å². The van der Waals surface area contributed by atoms with Gasteiger partial charge in [-0.05, 0) is 38.5 Å².